The number of methoxy groups -OCH3 is 1. The molecule has 27 heavy (non-hydrogen) atoms. The van der Waals surface area contributed by atoms with Crippen LogP contribution in [0.25, 0.3) is 0 Å². The van der Waals surface area contributed by atoms with E-state index >= 15 is 0 Å². The van der Waals surface area contributed by atoms with Crippen LogP contribution < -0.4 is 15.4 Å². The third-order valence-corrected chi connectivity index (χ3v) is 3.81. The molecule has 0 aliphatic heterocycles. The lowest BCUT2D eigenvalue weighted by atomic mass is 10.1. The molecule has 0 radical (unpaired) electrons. The minimum atomic E-state index is -1.54. The van der Waals surface area contributed by atoms with Gasteiger partial charge in [-0.05, 0) is 42.3 Å². The van der Waals surface area contributed by atoms with Gasteiger partial charge in [-0.2, -0.15) is 4.98 Å². The van der Waals surface area contributed by atoms with Gasteiger partial charge in [-0.15, -0.1) is 0 Å². The fraction of sp³-hybridized carbons (Fsp3) is 0.158. The van der Waals surface area contributed by atoms with Gasteiger partial charge in [0.25, 0.3) is 0 Å². The fourth-order valence-electron chi connectivity index (χ4n) is 2.38. The highest BCUT2D eigenvalue weighted by Gasteiger charge is 2.13. The number of hydrogen-bond donors (Lipinski definition) is 2. The van der Waals surface area contributed by atoms with Gasteiger partial charge in [0.15, 0.2) is 17.5 Å². The smallest absolute Gasteiger partial charge is 0.224 e. The van der Waals surface area contributed by atoms with E-state index in [2.05, 4.69) is 20.6 Å². The number of ether oxygens (including phenoxy) is 1. The Morgan fingerprint density at radius 3 is 2.48 bits per heavy atom. The highest BCUT2D eigenvalue weighted by molar-refractivity contribution is 5.57. The standard InChI is InChI=1S/C19H17F3N4O/c1-27-13-4-2-12(3-5-13)8-10-23-19-24-11-9-16(26-19)25-15-7-6-14(20)17(21)18(15)22/h2-7,9,11H,8,10H2,1H3,(H2,23,24,25,26). The molecule has 5 nitrogen and oxygen atoms in total. The monoisotopic (exact) mass is 374 g/mol. The summed E-state index contributed by atoms with van der Waals surface area (Å²) in [5.74, 6) is -2.72. The predicted molar refractivity (Wildman–Crippen MR) is 96.8 cm³/mol. The Balaban J connectivity index is 1.61. The van der Waals surface area contributed by atoms with Crippen LogP contribution in [0.5, 0.6) is 5.75 Å². The number of rotatable bonds is 7. The molecule has 140 valence electrons. The third kappa shape index (κ3) is 4.66. The Labute approximate surface area is 154 Å². The summed E-state index contributed by atoms with van der Waals surface area (Å²) in [6.07, 6.45) is 2.21. The van der Waals surface area contributed by atoms with E-state index in [0.29, 0.717) is 12.5 Å². The predicted octanol–water partition coefficient (Wildman–Crippen LogP) is 4.30. The molecule has 0 fully saturated rings. The second-order valence-electron chi connectivity index (χ2n) is 5.64. The van der Waals surface area contributed by atoms with Crippen LogP contribution in [0, 0.1) is 17.5 Å². The molecule has 0 atom stereocenters. The molecule has 2 N–H and O–H groups in total. The SMILES string of the molecule is COc1ccc(CCNc2nccc(Nc3ccc(F)c(F)c3F)n2)cc1. The highest BCUT2D eigenvalue weighted by Crippen LogP contribution is 2.23. The molecular weight excluding hydrogens is 357 g/mol. The van der Waals surface area contributed by atoms with Crippen LogP contribution in [-0.4, -0.2) is 23.6 Å². The van der Waals surface area contributed by atoms with Crippen LogP contribution in [0.3, 0.4) is 0 Å². The van der Waals surface area contributed by atoms with Crippen LogP contribution in [0.2, 0.25) is 0 Å². The van der Waals surface area contributed by atoms with Gasteiger partial charge in [0, 0.05) is 12.7 Å². The molecule has 2 aromatic carbocycles. The number of benzene rings is 2. The van der Waals surface area contributed by atoms with E-state index in [1.54, 1.807) is 7.11 Å². The maximum Gasteiger partial charge on any atom is 0.224 e. The van der Waals surface area contributed by atoms with Crippen molar-refractivity contribution < 1.29 is 17.9 Å². The van der Waals surface area contributed by atoms with Gasteiger partial charge in [0.1, 0.15) is 11.6 Å². The summed E-state index contributed by atoms with van der Waals surface area (Å²) in [7, 11) is 1.61. The van der Waals surface area contributed by atoms with E-state index in [0.717, 1.165) is 29.9 Å². The molecule has 1 heterocycles. The summed E-state index contributed by atoms with van der Waals surface area (Å²) < 4.78 is 45.2. The van der Waals surface area contributed by atoms with E-state index in [-0.39, 0.29) is 11.5 Å². The van der Waals surface area contributed by atoms with E-state index in [9.17, 15) is 13.2 Å². The Kier molecular flexibility index (Phi) is 5.75. The molecule has 0 aliphatic rings. The topological polar surface area (TPSA) is 59.1 Å². The maximum atomic E-state index is 13.7. The van der Waals surface area contributed by atoms with Gasteiger partial charge in [-0.25, -0.2) is 18.2 Å². The minimum Gasteiger partial charge on any atom is -0.497 e. The molecule has 0 saturated carbocycles. The van der Waals surface area contributed by atoms with Crippen molar-refractivity contribution in [2.45, 2.75) is 6.42 Å². The van der Waals surface area contributed by atoms with Crippen molar-refractivity contribution >= 4 is 17.5 Å². The molecule has 1 aromatic heterocycles. The molecule has 0 aliphatic carbocycles. The number of nitrogens with one attached hydrogen (secondary N) is 2. The first-order chi connectivity index (χ1) is 13.1. The van der Waals surface area contributed by atoms with Gasteiger partial charge < -0.3 is 15.4 Å². The van der Waals surface area contributed by atoms with E-state index < -0.39 is 17.5 Å². The zero-order valence-corrected chi connectivity index (χ0v) is 14.5. The second kappa shape index (κ2) is 8.39. The number of hydrogen-bond acceptors (Lipinski definition) is 5. The van der Waals surface area contributed by atoms with Crippen molar-refractivity contribution in [3.8, 4) is 5.75 Å². The quantitative estimate of drug-likeness (QED) is 0.604. The van der Waals surface area contributed by atoms with Gasteiger partial charge in [-0.3, -0.25) is 0 Å². The Hall–Kier alpha value is -3.29. The Morgan fingerprint density at radius 2 is 1.74 bits per heavy atom. The first-order valence-electron chi connectivity index (χ1n) is 8.17. The van der Waals surface area contributed by atoms with Crippen molar-refractivity contribution in [1.82, 2.24) is 9.97 Å². The fourth-order valence-corrected chi connectivity index (χ4v) is 2.38. The van der Waals surface area contributed by atoms with Crippen molar-refractivity contribution in [1.29, 1.82) is 0 Å². The largest absolute Gasteiger partial charge is 0.497 e. The lowest BCUT2D eigenvalue weighted by Gasteiger charge is -2.10. The Morgan fingerprint density at radius 1 is 0.963 bits per heavy atom. The Bertz CT molecular complexity index is 919. The zero-order chi connectivity index (χ0) is 19.2. The van der Waals surface area contributed by atoms with Gasteiger partial charge >= 0.3 is 0 Å². The summed E-state index contributed by atoms with van der Waals surface area (Å²) in [5, 5.41) is 5.68. The molecule has 0 bridgehead atoms. The van der Waals surface area contributed by atoms with Crippen LogP contribution in [0.4, 0.5) is 30.6 Å². The van der Waals surface area contributed by atoms with Gasteiger partial charge in [0.2, 0.25) is 5.95 Å². The molecule has 8 heteroatoms. The molecule has 0 spiro atoms. The molecule has 0 amide bonds. The number of halogens is 3. The third-order valence-electron chi connectivity index (χ3n) is 3.81. The number of aromatic nitrogens is 2. The van der Waals surface area contributed by atoms with E-state index in [1.807, 2.05) is 24.3 Å². The highest BCUT2D eigenvalue weighted by atomic mass is 19.2. The van der Waals surface area contributed by atoms with Crippen molar-refractivity contribution in [3.05, 3.63) is 71.7 Å². The molecule has 3 rings (SSSR count). The second-order valence-corrected chi connectivity index (χ2v) is 5.64. The summed E-state index contributed by atoms with van der Waals surface area (Å²) in [6, 6.07) is 11.1. The van der Waals surface area contributed by atoms with E-state index in [4.69, 9.17) is 4.74 Å². The molecule has 0 unspecified atom stereocenters. The summed E-state index contributed by atoms with van der Waals surface area (Å²) >= 11 is 0. The average molecular weight is 374 g/mol. The van der Waals surface area contributed by atoms with Crippen molar-refractivity contribution in [2.24, 2.45) is 0 Å². The van der Waals surface area contributed by atoms with Crippen LogP contribution in [0.1, 0.15) is 5.56 Å². The normalized spacial score (nSPS) is 10.5. The summed E-state index contributed by atoms with van der Waals surface area (Å²) in [4.78, 5) is 8.27. The van der Waals surface area contributed by atoms with Gasteiger partial charge in [0.05, 0.1) is 12.8 Å². The lowest BCUT2D eigenvalue weighted by Crippen LogP contribution is -2.09. The molecule has 3 aromatic rings. The minimum absolute atomic E-state index is 0.211. The van der Waals surface area contributed by atoms with Crippen LogP contribution >= 0.6 is 0 Å². The van der Waals surface area contributed by atoms with Crippen LogP contribution in [-0.2, 0) is 6.42 Å². The summed E-state index contributed by atoms with van der Waals surface area (Å²) in [6.45, 7) is 0.579. The first-order valence-corrected chi connectivity index (χ1v) is 8.17. The average Bonchev–Trinajstić information content (AvgIpc) is 2.69. The molecular formula is C19H17F3N4O. The number of nitrogens with zero attached hydrogens (tertiary/aromatic N) is 2. The van der Waals surface area contributed by atoms with Gasteiger partial charge in [-0.1, -0.05) is 12.1 Å². The van der Waals surface area contributed by atoms with Crippen molar-refractivity contribution in [3.63, 3.8) is 0 Å². The van der Waals surface area contributed by atoms with Crippen LogP contribution in [0.15, 0.2) is 48.7 Å². The zero-order valence-electron chi connectivity index (χ0n) is 14.5. The summed E-state index contributed by atoms with van der Waals surface area (Å²) in [5.41, 5.74) is 0.901. The molecule has 0 saturated heterocycles. The maximum absolute atomic E-state index is 13.7. The number of anilines is 3. The first kappa shape index (κ1) is 18.5. The lowest BCUT2D eigenvalue weighted by molar-refractivity contribution is 0.414. The van der Waals surface area contributed by atoms with E-state index in [1.165, 1.54) is 12.3 Å². The van der Waals surface area contributed by atoms with Crippen molar-refractivity contribution in [2.75, 3.05) is 24.3 Å².